The molecule has 0 aliphatic carbocycles. The third-order valence-electron chi connectivity index (χ3n) is 13.3. The molecule has 1 radical (unpaired) electrons. The molecule has 0 aromatic rings. The van der Waals surface area contributed by atoms with Gasteiger partial charge in [-0.3, -0.25) is 0 Å². The van der Waals surface area contributed by atoms with Crippen LogP contribution in [0.2, 0.25) is 0 Å². The van der Waals surface area contributed by atoms with Crippen LogP contribution in [0.3, 0.4) is 0 Å². The van der Waals surface area contributed by atoms with Gasteiger partial charge in [-0.1, -0.05) is 26.8 Å². The minimum atomic E-state index is -2.16. The topological polar surface area (TPSA) is 469 Å². The van der Waals surface area contributed by atoms with Gasteiger partial charge in [0.15, 0.2) is 25.2 Å². The molecule has 18 N–H and O–H groups in total. The van der Waals surface area contributed by atoms with Crippen molar-refractivity contribution in [1.29, 1.82) is 0 Å². The Labute approximate surface area is 436 Å². The summed E-state index contributed by atoms with van der Waals surface area (Å²) in [7, 11) is 0. The average molecular weight is 1240 g/mol. The number of ether oxygens (including phenoxy) is 11. The molecule has 0 spiro atoms. The van der Waals surface area contributed by atoms with E-state index in [1.165, 1.54) is 6.92 Å². The first kappa shape index (κ1) is 61.1. The smallest absolute Gasteiger partial charge is 0.187 e. The first-order valence-corrected chi connectivity index (χ1v) is 22.6. The summed E-state index contributed by atoms with van der Waals surface area (Å²) in [5.41, 5.74) is 8.36. The molecule has 29 nitrogen and oxygen atoms in total. The second-order valence-electron chi connectivity index (χ2n) is 19.2. The SMILES string of the molecule is CC1OC(OC2[C@H](O[C@@H]3C([NH-])[C@H](O[C@@H]4C(O)[C@H](O[C@H]5C(CO)O[C@@H](O[C@H]6C(CO)OC(C(C)(C)C)C(O)[C@H]6O)C(O)[C@H]5O)OC(CO)[C@@H]4O)OC(CO)[C@@H]3O)OC(CO)[C@H](O)[C@@H]2O)[C@@H](O)C(O)[C@H]1O.[Ac]. The molecule has 6 saturated heterocycles. The van der Waals surface area contributed by atoms with Gasteiger partial charge in [0.25, 0.3) is 0 Å². The van der Waals surface area contributed by atoms with E-state index in [4.69, 9.17) is 57.8 Å². The third kappa shape index (κ3) is 12.7. The van der Waals surface area contributed by atoms with Crippen molar-refractivity contribution in [3.63, 3.8) is 0 Å². The number of aliphatic hydroxyl groups is 17. The Morgan fingerprint density at radius 3 is 1.27 bits per heavy atom. The van der Waals surface area contributed by atoms with Gasteiger partial charge in [0, 0.05) is 44.1 Å². The van der Waals surface area contributed by atoms with Crippen LogP contribution in [-0.2, 0) is 52.1 Å². The summed E-state index contributed by atoms with van der Waals surface area (Å²) in [4.78, 5) is 0. The summed E-state index contributed by atoms with van der Waals surface area (Å²) in [6, 6.07) is -1.97. The molecule has 407 valence electrons. The molecule has 6 heterocycles. The van der Waals surface area contributed by atoms with Gasteiger partial charge in [0.2, 0.25) is 0 Å². The van der Waals surface area contributed by atoms with E-state index >= 15 is 0 Å². The summed E-state index contributed by atoms with van der Waals surface area (Å²) in [6.07, 6.45) is -51.3. The molecule has 30 heteroatoms. The van der Waals surface area contributed by atoms with E-state index in [1.54, 1.807) is 20.8 Å². The van der Waals surface area contributed by atoms with Crippen LogP contribution in [0.4, 0.5) is 0 Å². The Kier molecular flexibility index (Phi) is 22.4. The Morgan fingerprint density at radius 1 is 0.357 bits per heavy atom. The third-order valence-corrected chi connectivity index (χ3v) is 13.3. The first-order chi connectivity index (χ1) is 32.4. The summed E-state index contributed by atoms with van der Waals surface area (Å²) in [6.45, 7) is 1.96. The fourth-order valence-corrected chi connectivity index (χ4v) is 9.19. The predicted octanol–water partition coefficient (Wildman–Crippen LogP) is -9.92. The van der Waals surface area contributed by atoms with Crippen LogP contribution >= 0.6 is 0 Å². The van der Waals surface area contributed by atoms with Gasteiger partial charge in [-0.25, -0.2) is 0 Å². The van der Waals surface area contributed by atoms with E-state index in [0.717, 1.165) is 0 Å². The van der Waals surface area contributed by atoms with Crippen molar-refractivity contribution in [2.75, 3.05) is 33.0 Å². The predicted molar refractivity (Wildman–Crippen MR) is 217 cm³/mol. The molecule has 70 heavy (non-hydrogen) atoms. The molecular formula is C40H70AcNO28-. The number of hydrogen-bond acceptors (Lipinski definition) is 28. The molecule has 30 atom stereocenters. The van der Waals surface area contributed by atoms with Crippen molar-refractivity contribution < 1.29 is 183 Å². The molecule has 0 saturated carbocycles. The van der Waals surface area contributed by atoms with E-state index < -0.39 is 222 Å². The van der Waals surface area contributed by atoms with E-state index in [-0.39, 0.29) is 44.1 Å². The second kappa shape index (κ2) is 25.6. The first-order valence-electron chi connectivity index (χ1n) is 22.6. The Morgan fingerprint density at radius 2 is 0.729 bits per heavy atom. The van der Waals surface area contributed by atoms with Crippen molar-refractivity contribution in [1.82, 2.24) is 0 Å². The van der Waals surface area contributed by atoms with Crippen LogP contribution in [0.5, 0.6) is 0 Å². The Bertz CT molecular complexity index is 1590. The van der Waals surface area contributed by atoms with Crippen LogP contribution < -0.4 is 0 Å². The molecule has 6 rings (SSSR count). The maximum atomic E-state index is 11.6. The fourth-order valence-electron chi connectivity index (χ4n) is 9.19. The van der Waals surface area contributed by atoms with E-state index in [2.05, 4.69) is 0 Å². The van der Waals surface area contributed by atoms with Gasteiger partial charge in [0.1, 0.15) is 134 Å². The maximum Gasteiger partial charge on any atom is 0.187 e. The van der Waals surface area contributed by atoms with Crippen LogP contribution in [-0.4, -0.2) is 304 Å². The van der Waals surface area contributed by atoms with Gasteiger partial charge < -0.3 is 145 Å². The van der Waals surface area contributed by atoms with Gasteiger partial charge in [-0.05, 0) is 12.3 Å². The summed E-state index contributed by atoms with van der Waals surface area (Å²) < 4.78 is 63.0. The van der Waals surface area contributed by atoms with Crippen LogP contribution in [0, 0.1) is 49.5 Å². The average Bonchev–Trinajstić information content (AvgIpc) is 3.31. The number of aliphatic hydroxyl groups excluding tert-OH is 17. The minimum absolute atomic E-state index is 0. The van der Waals surface area contributed by atoms with Crippen molar-refractivity contribution in [2.45, 2.75) is 212 Å². The van der Waals surface area contributed by atoms with Gasteiger partial charge in [0.05, 0.1) is 51.3 Å². The van der Waals surface area contributed by atoms with Gasteiger partial charge >= 0.3 is 0 Å². The number of hydrogen-bond donors (Lipinski definition) is 17. The zero-order valence-electron chi connectivity index (χ0n) is 38.5. The molecule has 0 amide bonds. The molecule has 0 aromatic heterocycles. The molecule has 14 unspecified atom stereocenters. The standard InChI is InChI=1S/C40H70NO28.Ac/c1-10-17(47)21(51)26(56)36(59-10)69-33-22(52)18(48)11(5-42)63-39(33)67-31-16(41)35(61-12(6-43)19(31)49)68-32-20(50)13(7-44)62-38(28(32)58)66-30-15(9-46)64-37(27(57)24(30)54)65-29-14(8-45)60-34(40(2,3)4)25(55)23(29)53;/h10-39,41-58H,5-9H2,1-4H3;/q-1;/t10?,11?,12?,13?,14?,15?,16?,17-,18-,19-,20-,21?,22-,23+,24+,25?,26-,27?,28?,29-,30-,31+,32-,33?,34?,35-,36?,37-,38-,39-;/m0./s1. The zero-order chi connectivity index (χ0) is 51.1. The molecule has 6 aliphatic rings. The van der Waals surface area contributed by atoms with E-state index in [1.807, 2.05) is 0 Å². The Hall–Kier alpha value is 0.282. The Balaban J connectivity index is 0.00000913. The van der Waals surface area contributed by atoms with Crippen molar-refractivity contribution in [2.24, 2.45) is 5.41 Å². The summed E-state index contributed by atoms with van der Waals surface area (Å²) >= 11 is 0. The molecule has 6 aliphatic heterocycles. The van der Waals surface area contributed by atoms with E-state index in [9.17, 15) is 86.8 Å². The molecular weight excluding hydrogens is 1170 g/mol. The quantitative estimate of drug-likeness (QED) is 0.0724. The van der Waals surface area contributed by atoms with Crippen LogP contribution in [0.1, 0.15) is 27.7 Å². The van der Waals surface area contributed by atoms with Crippen molar-refractivity contribution in [3.05, 3.63) is 5.73 Å². The van der Waals surface area contributed by atoms with Gasteiger partial charge in [-0.15, -0.1) is 0 Å². The minimum Gasteiger partial charge on any atom is -0.668 e. The maximum absolute atomic E-state index is 11.6. The molecule has 0 aromatic carbocycles. The number of rotatable bonds is 15. The van der Waals surface area contributed by atoms with Crippen LogP contribution in [0.15, 0.2) is 0 Å². The number of nitrogens with one attached hydrogen (secondary N) is 1. The second-order valence-corrected chi connectivity index (χ2v) is 19.2. The normalized spacial score (nSPS) is 51.7. The van der Waals surface area contributed by atoms with Crippen LogP contribution in [0.25, 0.3) is 5.73 Å². The zero-order valence-corrected chi connectivity index (χ0v) is 43.3. The summed E-state index contributed by atoms with van der Waals surface area (Å²) in [5.74, 6) is 0. The van der Waals surface area contributed by atoms with Crippen molar-refractivity contribution in [3.8, 4) is 0 Å². The summed E-state index contributed by atoms with van der Waals surface area (Å²) in [5, 5.41) is 182. The van der Waals surface area contributed by atoms with Crippen molar-refractivity contribution >= 4 is 0 Å². The fraction of sp³-hybridized carbons (Fsp3) is 1.00. The van der Waals surface area contributed by atoms with E-state index in [0.29, 0.717) is 0 Å². The molecule has 6 fully saturated rings. The largest absolute Gasteiger partial charge is 0.668 e. The monoisotopic (exact) mass is 1240 g/mol. The van der Waals surface area contributed by atoms with Gasteiger partial charge in [-0.2, -0.15) is 0 Å². The molecule has 0 bridgehead atoms.